The van der Waals surface area contributed by atoms with Gasteiger partial charge < -0.3 is 4.90 Å². The number of hydrogen-bond donors (Lipinski definition) is 0. The Morgan fingerprint density at radius 1 is 1.15 bits per heavy atom. The average molecular weight is 265 g/mol. The maximum absolute atomic E-state index is 12.4. The SMILES string of the molecule is CCN1C(=O)CC(c2ccncc2)=Nc2ccccc21. The van der Waals surface area contributed by atoms with Gasteiger partial charge in [-0.3, -0.25) is 14.8 Å². The number of pyridine rings is 1. The lowest BCUT2D eigenvalue weighted by Crippen LogP contribution is -2.31. The third-order valence-electron chi connectivity index (χ3n) is 3.38. The molecule has 1 amide bonds. The number of carbonyl (C=O) groups excluding carboxylic acids is 1. The van der Waals surface area contributed by atoms with Crippen molar-refractivity contribution >= 4 is 23.0 Å². The molecule has 0 atom stereocenters. The van der Waals surface area contributed by atoms with Crippen molar-refractivity contribution < 1.29 is 4.79 Å². The zero-order valence-corrected chi connectivity index (χ0v) is 11.3. The topological polar surface area (TPSA) is 45.6 Å². The summed E-state index contributed by atoms with van der Waals surface area (Å²) in [6.45, 7) is 2.63. The van der Waals surface area contributed by atoms with E-state index in [9.17, 15) is 4.79 Å². The van der Waals surface area contributed by atoms with E-state index in [2.05, 4.69) is 9.98 Å². The Balaban J connectivity index is 2.12. The molecule has 0 N–H and O–H groups in total. The highest BCUT2D eigenvalue weighted by Gasteiger charge is 2.23. The van der Waals surface area contributed by atoms with E-state index in [4.69, 9.17) is 0 Å². The fraction of sp³-hybridized carbons (Fsp3) is 0.188. The minimum absolute atomic E-state index is 0.0769. The van der Waals surface area contributed by atoms with Crippen LogP contribution in [0.25, 0.3) is 0 Å². The molecule has 0 aliphatic carbocycles. The number of rotatable bonds is 2. The van der Waals surface area contributed by atoms with Gasteiger partial charge in [0, 0.05) is 18.9 Å². The van der Waals surface area contributed by atoms with E-state index in [1.165, 1.54) is 0 Å². The molecule has 100 valence electrons. The first-order valence-corrected chi connectivity index (χ1v) is 6.67. The summed E-state index contributed by atoms with van der Waals surface area (Å²) in [5.41, 5.74) is 3.46. The molecular weight excluding hydrogens is 250 g/mol. The van der Waals surface area contributed by atoms with Crippen molar-refractivity contribution in [1.29, 1.82) is 0 Å². The molecule has 1 aromatic carbocycles. The van der Waals surface area contributed by atoms with Crippen LogP contribution in [0.15, 0.2) is 53.8 Å². The number of carbonyl (C=O) groups is 1. The largest absolute Gasteiger partial charge is 0.310 e. The Morgan fingerprint density at radius 3 is 2.65 bits per heavy atom. The summed E-state index contributed by atoms with van der Waals surface area (Å²) < 4.78 is 0. The Bertz CT molecular complexity index is 664. The van der Waals surface area contributed by atoms with Crippen LogP contribution in [0.1, 0.15) is 18.9 Å². The molecule has 4 heteroatoms. The van der Waals surface area contributed by atoms with Crippen LogP contribution in [0, 0.1) is 0 Å². The summed E-state index contributed by atoms with van der Waals surface area (Å²) in [5.74, 6) is 0.0769. The standard InChI is InChI=1S/C16H15N3O/c1-2-19-15-6-4-3-5-13(15)18-14(11-16(19)20)12-7-9-17-10-8-12/h3-10H,2,11H2,1H3. The molecule has 0 radical (unpaired) electrons. The molecule has 1 aliphatic rings. The van der Waals surface area contributed by atoms with E-state index in [1.807, 2.05) is 43.3 Å². The monoisotopic (exact) mass is 265 g/mol. The van der Waals surface area contributed by atoms with Crippen LogP contribution in [-0.2, 0) is 4.79 Å². The maximum Gasteiger partial charge on any atom is 0.233 e. The molecule has 1 aliphatic heterocycles. The Labute approximate surface area is 117 Å². The van der Waals surface area contributed by atoms with Crippen LogP contribution in [0.5, 0.6) is 0 Å². The minimum Gasteiger partial charge on any atom is -0.310 e. The minimum atomic E-state index is 0.0769. The highest BCUT2D eigenvalue weighted by molar-refractivity contribution is 6.17. The van der Waals surface area contributed by atoms with Crippen molar-refractivity contribution in [3.05, 3.63) is 54.4 Å². The van der Waals surface area contributed by atoms with Gasteiger partial charge in [-0.25, -0.2) is 0 Å². The van der Waals surface area contributed by atoms with Gasteiger partial charge in [0.15, 0.2) is 0 Å². The Hall–Kier alpha value is -2.49. The third-order valence-corrected chi connectivity index (χ3v) is 3.38. The van der Waals surface area contributed by atoms with Crippen LogP contribution in [0.4, 0.5) is 11.4 Å². The molecule has 4 nitrogen and oxygen atoms in total. The summed E-state index contributed by atoms with van der Waals surface area (Å²) in [5, 5.41) is 0. The summed E-state index contributed by atoms with van der Waals surface area (Å²) in [7, 11) is 0. The summed E-state index contributed by atoms with van der Waals surface area (Å²) >= 11 is 0. The van der Waals surface area contributed by atoms with Gasteiger partial charge in [-0.1, -0.05) is 12.1 Å². The number of aliphatic imine (C=N–C) groups is 1. The predicted octanol–water partition coefficient (Wildman–Crippen LogP) is 2.96. The zero-order chi connectivity index (χ0) is 13.9. The van der Waals surface area contributed by atoms with Crippen LogP contribution in [0.3, 0.4) is 0 Å². The first kappa shape index (κ1) is 12.5. The van der Waals surface area contributed by atoms with E-state index in [0.29, 0.717) is 13.0 Å². The summed E-state index contributed by atoms with van der Waals surface area (Å²) in [4.78, 5) is 22.9. The molecule has 0 bridgehead atoms. The average Bonchev–Trinajstić information content (AvgIpc) is 2.63. The third kappa shape index (κ3) is 2.20. The predicted molar refractivity (Wildman–Crippen MR) is 79.5 cm³/mol. The van der Waals surface area contributed by atoms with Crippen LogP contribution < -0.4 is 4.90 Å². The molecule has 0 spiro atoms. The number of amides is 1. The van der Waals surface area contributed by atoms with Crippen LogP contribution >= 0.6 is 0 Å². The second-order valence-electron chi connectivity index (χ2n) is 4.60. The van der Waals surface area contributed by atoms with Gasteiger partial charge in [-0.2, -0.15) is 0 Å². The van der Waals surface area contributed by atoms with E-state index in [1.54, 1.807) is 17.3 Å². The Morgan fingerprint density at radius 2 is 1.90 bits per heavy atom. The number of para-hydroxylation sites is 2. The normalized spacial score (nSPS) is 14.6. The highest BCUT2D eigenvalue weighted by atomic mass is 16.2. The number of nitrogens with zero attached hydrogens (tertiary/aromatic N) is 3. The van der Waals surface area contributed by atoms with Gasteiger partial charge in [0.05, 0.1) is 23.5 Å². The fourth-order valence-electron chi connectivity index (χ4n) is 2.40. The molecule has 2 aromatic rings. The lowest BCUT2D eigenvalue weighted by molar-refractivity contribution is -0.117. The molecule has 20 heavy (non-hydrogen) atoms. The smallest absolute Gasteiger partial charge is 0.233 e. The second-order valence-corrected chi connectivity index (χ2v) is 4.60. The quantitative estimate of drug-likeness (QED) is 0.838. The van der Waals surface area contributed by atoms with Gasteiger partial charge in [0.1, 0.15) is 0 Å². The number of anilines is 1. The highest BCUT2D eigenvalue weighted by Crippen LogP contribution is 2.32. The van der Waals surface area contributed by atoms with Crippen molar-refractivity contribution in [2.45, 2.75) is 13.3 Å². The van der Waals surface area contributed by atoms with E-state index < -0.39 is 0 Å². The van der Waals surface area contributed by atoms with Crippen molar-refractivity contribution in [2.75, 3.05) is 11.4 Å². The van der Waals surface area contributed by atoms with Crippen LogP contribution in [0.2, 0.25) is 0 Å². The van der Waals surface area contributed by atoms with Gasteiger partial charge in [0.25, 0.3) is 0 Å². The maximum atomic E-state index is 12.4. The van der Waals surface area contributed by atoms with Crippen molar-refractivity contribution in [2.24, 2.45) is 4.99 Å². The first-order valence-electron chi connectivity index (χ1n) is 6.67. The fourth-order valence-corrected chi connectivity index (χ4v) is 2.40. The molecule has 2 heterocycles. The second kappa shape index (κ2) is 5.25. The molecule has 0 fully saturated rings. The lowest BCUT2D eigenvalue weighted by Gasteiger charge is -2.20. The van der Waals surface area contributed by atoms with E-state index >= 15 is 0 Å². The molecule has 0 saturated heterocycles. The number of hydrogen-bond acceptors (Lipinski definition) is 3. The summed E-state index contributed by atoms with van der Waals surface area (Å²) in [6, 6.07) is 11.5. The van der Waals surface area contributed by atoms with Crippen molar-refractivity contribution in [1.82, 2.24) is 4.98 Å². The van der Waals surface area contributed by atoms with Crippen LogP contribution in [-0.4, -0.2) is 23.1 Å². The van der Waals surface area contributed by atoms with Gasteiger partial charge in [-0.15, -0.1) is 0 Å². The van der Waals surface area contributed by atoms with Crippen molar-refractivity contribution in [3.63, 3.8) is 0 Å². The molecule has 0 saturated carbocycles. The van der Waals surface area contributed by atoms with Gasteiger partial charge >= 0.3 is 0 Å². The lowest BCUT2D eigenvalue weighted by atomic mass is 10.1. The molecule has 0 unspecified atom stereocenters. The van der Waals surface area contributed by atoms with E-state index in [0.717, 1.165) is 22.6 Å². The Kier molecular flexibility index (Phi) is 3.29. The number of benzene rings is 1. The molecule has 1 aromatic heterocycles. The van der Waals surface area contributed by atoms with Gasteiger partial charge in [-0.05, 0) is 36.8 Å². The zero-order valence-electron chi connectivity index (χ0n) is 11.3. The molecule has 3 rings (SSSR count). The van der Waals surface area contributed by atoms with Gasteiger partial charge in [0.2, 0.25) is 5.91 Å². The van der Waals surface area contributed by atoms with E-state index in [-0.39, 0.29) is 5.91 Å². The first-order chi connectivity index (χ1) is 9.79. The summed E-state index contributed by atoms with van der Waals surface area (Å²) in [6.07, 6.45) is 3.75. The van der Waals surface area contributed by atoms with Crippen molar-refractivity contribution in [3.8, 4) is 0 Å². The number of fused-ring (bicyclic) bond motifs is 1. The number of aromatic nitrogens is 1. The molecular formula is C16H15N3O.